The lowest BCUT2D eigenvalue weighted by atomic mass is 10.2. The van der Waals surface area contributed by atoms with Gasteiger partial charge < -0.3 is 10.1 Å². The van der Waals surface area contributed by atoms with Gasteiger partial charge in [-0.25, -0.2) is 4.98 Å². The molecule has 1 aromatic heterocycles. The van der Waals surface area contributed by atoms with Crippen molar-refractivity contribution in [2.45, 2.75) is 31.5 Å². The lowest BCUT2D eigenvalue weighted by Gasteiger charge is -2.06. The van der Waals surface area contributed by atoms with E-state index in [1.165, 1.54) is 11.3 Å². The maximum absolute atomic E-state index is 11.9. The summed E-state index contributed by atoms with van der Waals surface area (Å²) in [5, 5.41) is 3.47. The van der Waals surface area contributed by atoms with Crippen molar-refractivity contribution in [1.82, 2.24) is 4.98 Å². The van der Waals surface area contributed by atoms with E-state index in [1.807, 2.05) is 25.1 Å². The number of carbonyl (C=O) groups is 1. The molecule has 0 bridgehead atoms. The lowest BCUT2D eigenvalue weighted by molar-refractivity contribution is -0.115. The number of rotatable bonds is 6. The van der Waals surface area contributed by atoms with Crippen LogP contribution in [0.3, 0.4) is 0 Å². The van der Waals surface area contributed by atoms with Crippen LogP contribution in [-0.4, -0.2) is 22.3 Å². The van der Waals surface area contributed by atoms with Crippen molar-refractivity contribution < 1.29 is 9.53 Å². The fourth-order valence-electron chi connectivity index (χ4n) is 1.78. The first-order valence-corrected chi connectivity index (χ1v) is 8.35. The Bertz CT molecular complexity index is 600. The van der Waals surface area contributed by atoms with Gasteiger partial charge in [0.05, 0.1) is 21.7 Å². The highest BCUT2D eigenvalue weighted by atomic mass is 79.9. The molecule has 1 aromatic carbocycles. The molecule has 0 spiro atoms. The molecule has 0 aliphatic carbocycles. The Morgan fingerprint density at radius 2 is 2.30 bits per heavy atom. The molecule has 2 aromatic rings. The molecular weight excluding hydrogens is 340 g/mol. The van der Waals surface area contributed by atoms with Crippen molar-refractivity contribution in [3.05, 3.63) is 18.2 Å². The van der Waals surface area contributed by atoms with Gasteiger partial charge >= 0.3 is 0 Å². The maximum atomic E-state index is 11.9. The number of thiazole rings is 1. The number of hydrogen-bond donors (Lipinski definition) is 1. The minimum Gasteiger partial charge on any atom is -0.494 e. The summed E-state index contributed by atoms with van der Waals surface area (Å²) in [5.74, 6) is 0.779. The number of alkyl halides is 1. The number of aromatic nitrogens is 1. The zero-order valence-electron chi connectivity index (χ0n) is 11.5. The highest BCUT2D eigenvalue weighted by Gasteiger charge is 2.15. The van der Waals surface area contributed by atoms with Crippen LogP contribution in [0.4, 0.5) is 5.13 Å². The number of carbonyl (C=O) groups excluding carboxylic acids is 1. The molecule has 0 saturated carbocycles. The van der Waals surface area contributed by atoms with Crippen LogP contribution in [0.2, 0.25) is 0 Å². The molecule has 1 N–H and O–H groups in total. The van der Waals surface area contributed by atoms with Crippen molar-refractivity contribution in [3.63, 3.8) is 0 Å². The molecular formula is C14H17BrN2O2S. The predicted octanol–water partition coefficient (Wildman–Crippen LogP) is 4.20. The monoisotopic (exact) mass is 356 g/mol. The summed E-state index contributed by atoms with van der Waals surface area (Å²) in [4.78, 5) is 16.2. The van der Waals surface area contributed by atoms with Crippen LogP contribution in [0.25, 0.3) is 10.2 Å². The van der Waals surface area contributed by atoms with E-state index in [4.69, 9.17) is 4.74 Å². The number of benzene rings is 1. The van der Waals surface area contributed by atoms with Crippen LogP contribution in [0.1, 0.15) is 26.7 Å². The fourth-order valence-corrected chi connectivity index (χ4v) is 3.25. The molecule has 0 radical (unpaired) electrons. The van der Waals surface area contributed by atoms with Crippen LogP contribution < -0.4 is 10.1 Å². The summed E-state index contributed by atoms with van der Waals surface area (Å²) >= 11 is 4.84. The summed E-state index contributed by atoms with van der Waals surface area (Å²) in [6.07, 6.45) is 1.77. The summed E-state index contributed by atoms with van der Waals surface area (Å²) in [6.45, 7) is 4.64. The fraction of sp³-hybridized carbons (Fsp3) is 0.429. The van der Waals surface area contributed by atoms with Gasteiger partial charge in [-0.2, -0.15) is 0 Å². The van der Waals surface area contributed by atoms with Crippen LogP contribution in [-0.2, 0) is 4.79 Å². The van der Waals surface area contributed by atoms with Gasteiger partial charge in [-0.05, 0) is 31.5 Å². The summed E-state index contributed by atoms with van der Waals surface area (Å²) < 4.78 is 6.47. The Labute approximate surface area is 130 Å². The second-order valence-corrected chi connectivity index (χ2v) is 6.46. The Morgan fingerprint density at radius 1 is 1.50 bits per heavy atom. The van der Waals surface area contributed by atoms with Crippen molar-refractivity contribution in [1.29, 1.82) is 0 Å². The van der Waals surface area contributed by atoms with Gasteiger partial charge in [-0.15, -0.1) is 0 Å². The number of ether oxygens (including phenoxy) is 1. The zero-order valence-corrected chi connectivity index (χ0v) is 13.9. The predicted molar refractivity (Wildman–Crippen MR) is 87.0 cm³/mol. The Morgan fingerprint density at radius 3 is 3.00 bits per heavy atom. The lowest BCUT2D eigenvalue weighted by Crippen LogP contribution is -2.22. The van der Waals surface area contributed by atoms with E-state index in [9.17, 15) is 4.79 Å². The van der Waals surface area contributed by atoms with Gasteiger partial charge in [0, 0.05) is 0 Å². The van der Waals surface area contributed by atoms with Crippen molar-refractivity contribution in [2.75, 3.05) is 11.9 Å². The SMILES string of the molecule is CCC[C@H](Br)C(=O)Nc1nc2ccc(OCC)cc2s1. The average Bonchev–Trinajstić information content (AvgIpc) is 2.80. The number of hydrogen-bond acceptors (Lipinski definition) is 4. The van der Waals surface area contributed by atoms with Gasteiger partial charge in [0.2, 0.25) is 5.91 Å². The van der Waals surface area contributed by atoms with E-state index in [0.717, 1.165) is 28.8 Å². The number of nitrogens with one attached hydrogen (secondary N) is 1. The molecule has 1 amide bonds. The normalized spacial score (nSPS) is 12.3. The summed E-state index contributed by atoms with van der Waals surface area (Å²) in [5.41, 5.74) is 0.871. The summed E-state index contributed by atoms with van der Waals surface area (Å²) in [6, 6.07) is 5.75. The smallest absolute Gasteiger partial charge is 0.239 e. The number of anilines is 1. The Balaban J connectivity index is 2.13. The molecule has 2 rings (SSSR count). The number of halogens is 1. The molecule has 1 atom stereocenters. The topological polar surface area (TPSA) is 51.2 Å². The van der Waals surface area contributed by atoms with Gasteiger partial charge in [0.25, 0.3) is 0 Å². The molecule has 0 unspecified atom stereocenters. The highest BCUT2D eigenvalue weighted by molar-refractivity contribution is 9.10. The zero-order chi connectivity index (χ0) is 14.5. The third-order valence-electron chi connectivity index (χ3n) is 2.73. The van der Waals surface area contributed by atoms with E-state index < -0.39 is 0 Å². The van der Waals surface area contributed by atoms with Crippen molar-refractivity contribution in [3.8, 4) is 5.75 Å². The molecule has 0 saturated heterocycles. The van der Waals surface area contributed by atoms with Crippen molar-refractivity contribution in [2.24, 2.45) is 0 Å². The molecule has 4 nitrogen and oxygen atoms in total. The largest absolute Gasteiger partial charge is 0.494 e. The first kappa shape index (κ1) is 15.3. The van der Waals surface area contributed by atoms with E-state index >= 15 is 0 Å². The van der Waals surface area contributed by atoms with Gasteiger partial charge in [0.1, 0.15) is 5.75 Å². The third kappa shape index (κ3) is 3.70. The van der Waals surface area contributed by atoms with Crippen LogP contribution in [0.15, 0.2) is 18.2 Å². The quantitative estimate of drug-likeness (QED) is 0.789. The van der Waals surface area contributed by atoms with E-state index in [2.05, 4.69) is 33.2 Å². The van der Waals surface area contributed by atoms with E-state index in [1.54, 1.807) is 0 Å². The average molecular weight is 357 g/mol. The molecule has 0 aliphatic rings. The minimum atomic E-state index is -0.168. The Hall–Kier alpha value is -1.14. The standard InChI is InChI=1S/C14H17BrN2O2S/c1-3-5-10(15)13(18)17-14-16-11-7-6-9(19-4-2)8-12(11)20-14/h6-8,10H,3-5H2,1-2H3,(H,16,17,18)/t10-/m0/s1. The molecule has 20 heavy (non-hydrogen) atoms. The molecule has 6 heteroatoms. The minimum absolute atomic E-state index is 0.0454. The first-order valence-electron chi connectivity index (χ1n) is 6.62. The molecule has 0 fully saturated rings. The second kappa shape index (κ2) is 7.04. The molecule has 1 heterocycles. The summed E-state index contributed by atoms with van der Waals surface area (Å²) in [7, 11) is 0. The number of nitrogens with zero attached hydrogens (tertiary/aromatic N) is 1. The second-order valence-electron chi connectivity index (χ2n) is 4.33. The first-order chi connectivity index (χ1) is 9.63. The highest BCUT2D eigenvalue weighted by Crippen LogP contribution is 2.29. The maximum Gasteiger partial charge on any atom is 0.239 e. The number of amides is 1. The van der Waals surface area contributed by atoms with Gasteiger partial charge in [-0.3, -0.25) is 4.79 Å². The van der Waals surface area contributed by atoms with E-state index in [-0.39, 0.29) is 10.7 Å². The molecule has 0 aliphatic heterocycles. The van der Waals surface area contributed by atoms with E-state index in [0.29, 0.717) is 11.7 Å². The third-order valence-corrected chi connectivity index (χ3v) is 4.53. The molecule has 108 valence electrons. The van der Waals surface area contributed by atoms with Crippen LogP contribution in [0.5, 0.6) is 5.75 Å². The van der Waals surface area contributed by atoms with Crippen LogP contribution >= 0.6 is 27.3 Å². The van der Waals surface area contributed by atoms with Gasteiger partial charge in [0.15, 0.2) is 5.13 Å². The number of fused-ring (bicyclic) bond motifs is 1. The van der Waals surface area contributed by atoms with Gasteiger partial charge in [-0.1, -0.05) is 40.6 Å². The Kier molecular flexibility index (Phi) is 5.37. The van der Waals surface area contributed by atoms with Crippen LogP contribution in [0, 0.1) is 0 Å². The van der Waals surface area contributed by atoms with Crippen molar-refractivity contribution >= 4 is 48.5 Å².